The monoisotopic (exact) mass is 415 g/mol. The molecule has 0 saturated heterocycles. The molecule has 1 spiro atoms. The molecule has 0 aromatic heterocycles. The number of carbonyl (C=O) groups is 2. The van der Waals surface area contributed by atoms with Crippen molar-refractivity contribution in [1.82, 2.24) is 5.32 Å². The van der Waals surface area contributed by atoms with Gasteiger partial charge in [-0.15, -0.1) is 0 Å². The first-order chi connectivity index (χ1) is 15.0. The highest BCUT2D eigenvalue weighted by Crippen LogP contribution is 2.58. The molecule has 3 N–H and O–H groups in total. The lowest BCUT2D eigenvalue weighted by molar-refractivity contribution is -0.116. The number of benzene rings is 3. The quantitative estimate of drug-likeness (QED) is 0.447. The Labute approximate surface area is 177 Å². The Morgan fingerprint density at radius 1 is 1.06 bits per heavy atom. The molecule has 0 saturated carbocycles. The van der Waals surface area contributed by atoms with E-state index in [-0.39, 0.29) is 29.5 Å². The van der Waals surface area contributed by atoms with Crippen LogP contribution in [0.1, 0.15) is 32.6 Å². The molecule has 3 aromatic carbocycles. The van der Waals surface area contributed by atoms with Crippen molar-refractivity contribution in [2.24, 2.45) is 0 Å². The van der Waals surface area contributed by atoms with Crippen LogP contribution in [-0.4, -0.2) is 22.1 Å². The number of hydrogen-bond donors (Lipinski definition) is 3. The van der Waals surface area contributed by atoms with E-state index < -0.39 is 17.5 Å². The Bertz CT molecular complexity index is 1280. The van der Waals surface area contributed by atoms with Gasteiger partial charge in [0.1, 0.15) is 23.0 Å². The molecule has 2 aliphatic heterocycles. The van der Waals surface area contributed by atoms with Gasteiger partial charge in [-0.2, -0.15) is 0 Å². The summed E-state index contributed by atoms with van der Waals surface area (Å²) in [5.74, 6) is -0.516. The van der Waals surface area contributed by atoms with E-state index in [0.29, 0.717) is 27.8 Å². The fraction of sp³-hybridized carbons (Fsp3) is 0.0833. The molecule has 2 heterocycles. The van der Waals surface area contributed by atoms with Crippen LogP contribution >= 0.6 is 0 Å². The molecular weight excluding hydrogens is 398 g/mol. The first-order valence-corrected chi connectivity index (χ1v) is 9.55. The highest BCUT2D eigenvalue weighted by Gasteiger charge is 2.54. The van der Waals surface area contributed by atoms with Gasteiger partial charge in [-0.3, -0.25) is 4.79 Å². The summed E-state index contributed by atoms with van der Waals surface area (Å²) in [5.41, 5.74) is 1.08. The van der Waals surface area contributed by atoms with Gasteiger partial charge in [0.05, 0.1) is 17.7 Å². The van der Waals surface area contributed by atoms with Gasteiger partial charge in [0.15, 0.2) is 5.60 Å². The molecule has 0 radical (unpaired) electrons. The smallest absolute Gasteiger partial charge is 0.340 e. The largest absolute Gasteiger partial charge is 0.508 e. The van der Waals surface area contributed by atoms with Crippen LogP contribution in [0.25, 0.3) is 0 Å². The summed E-state index contributed by atoms with van der Waals surface area (Å²) in [6, 6.07) is 14.7. The summed E-state index contributed by atoms with van der Waals surface area (Å²) in [5, 5.41) is 23.2. The summed E-state index contributed by atoms with van der Waals surface area (Å²) < 4.78 is 12.1. The van der Waals surface area contributed by atoms with Gasteiger partial charge >= 0.3 is 5.97 Å². The Balaban J connectivity index is 1.80. The van der Waals surface area contributed by atoms with Crippen LogP contribution in [0.2, 0.25) is 0 Å². The summed E-state index contributed by atoms with van der Waals surface area (Å²) in [7, 11) is 0. The number of hydrogen-bond acceptors (Lipinski definition) is 6. The van der Waals surface area contributed by atoms with Crippen molar-refractivity contribution in [3.05, 3.63) is 95.1 Å². The van der Waals surface area contributed by atoms with Crippen molar-refractivity contribution in [2.75, 3.05) is 0 Å². The molecule has 31 heavy (non-hydrogen) atoms. The maximum atomic E-state index is 12.8. The van der Waals surface area contributed by atoms with E-state index in [1.54, 1.807) is 30.3 Å². The molecule has 7 heteroatoms. The number of phenols is 2. The van der Waals surface area contributed by atoms with E-state index in [9.17, 15) is 19.8 Å². The van der Waals surface area contributed by atoms with Crippen molar-refractivity contribution in [3.63, 3.8) is 0 Å². The molecule has 1 unspecified atom stereocenters. The van der Waals surface area contributed by atoms with Gasteiger partial charge in [-0.1, -0.05) is 24.8 Å². The zero-order chi connectivity index (χ0) is 21.8. The van der Waals surface area contributed by atoms with Crippen LogP contribution < -0.4 is 10.1 Å². The Kier molecular flexibility index (Phi) is 4.01. The fourth-order valence-electron chi connectivity index (χ4n) is 4.19. The Hall–Kier alpha value is -4.26. The second kappa shape index (κ2) is 6.63. The predicted molar refractivity (Wildman–Crippen MR) is 110 cm³/mol. The minimum atomic E-state index is -1.32. The van der Waals surface area contributed by atoms with E-state index in [0.717, 1.165) is 6.08 Å². The zero-order valence-electron chi connectivity index (χ0n) is 16.2. The number of amides is 1. The van der Waals surface area contributed by atoms with Crippen molar-refractivity contribution < 1.29 is 29.3 Å². The van der Waals surface area contributed by atoms with Gasteiger partial charge in [0, 0.05) is 22.8 Å². The van der Waals surface area contributed by atoms with E-state index in [2.05, 4.69) is 11.9 Å². The maximum Gasteiger partial charge on any atom is 0.340 e. The lowest BCUT2D eigenvalue weighted by Crippen LogP contribution is -2.33. The molecule has 0 aliphatic carbocycles. The zero-order valence-corrected chi connectivity index (χ0v) is 16.2. The molecule has 1 amide bonds. The van der Waals surface area contributed by atoms with Gasteiger partial charge in [0.25, 0.3) is 0 Å². The average Bonchev–Trinajstić information content (AvgIpc) is 3.06. The molecular formula is C24H17NO6. The number of phenolic OH excluding ortho intramolecular Hbond substituents is 2. The topological polar surface area (TPSA) is 105 Å². The highest BCUT2D eigenvalue weighted by atomic mass is 16.6. The highest BCUT2D eigenvalue weighted by molar-refractivity contribution is 5.97. The van der Waals surface area contributed by atoms with Gasteiger partial charge in [-0.25, -0.2) is 4.79 Å². The summed E-state index contributed by atoms with van der Waals surface area (Å²) >= 11 is 0. The third-order valence-electron chi connectivity index (χ3n) is 5.57. The van der Waals surface area contributed by atoms with Gasteiger partial charge in [0.2, 0.25) is 5.91 Å². The molecule has 3 aromatic rings. The van der Waals surface area contributed by atoms with Crippen LogP contribution in [0.5, 0.6) is 23.0 Å². The first-order valence-electron chi connectivity index (χ1n) is 9.55. The standard InChI is InChI=1S/C24H17NO6/c1-2-21(28)25-12-15-19(27)10-9-18-22(15)30-20-11-13(26)7-8-17(20)24(18)16-6-4-3-5-14(16)23(29)31-24/h2-11,26-27H,1,12H2,(H,25,28). The number of aromatic hydroxyl groups is 2. The number of esters is 1. The molecule has 154 valence electrons. The summed E-state index contributed by atoms with van der Waals surface area (Å²) in [6.45, 7) is 3.38. The Morgan fingerprint density at radius 2 is 1.84 bits per heavy atom. The van der Waals surface area contributed by atoms with E-state index in [4.69, 9.17) is 9.47 Å². The van der Waals surface area contributed by atoms with Crippen molar-refractivity contribution in [1.29, 1.82) is 0 Å². The first kappa shape index (κ1) is 18.7. The third kappa shape index (κ3) is 2.60. The number of fused-ring (bicyclic) bond motifs is 6. The maximum absolute atomic E-state index is 12.8. The summed E-state index contributed by atoms with van der Waals surface area (Å²) in [6.07, 6.45) is 1.12. The lowest BCUT2D eigenvalue weighted by atomic mass is 9.77. The Morgan fingerprint density at radius 3 is 2.65 bits per heavy atom. The lowest BCUT2D eigenvalue weighted by Gasteiger charge is -2.37. The predicted octanol–water partition coefficient (Wildman–Crippen LogP) is 3.47. The second-order valence-corrected chi connectivity index (χ2v) is 7.26. The van der Waals surface area contributed by atoms with Crippen LogP contribution in [0.15, 0.2) is 67.3 Å². The van der Waals surface area contributed by atoms with Crippen molar-refractivity contribution in [2.45, 2.75) is 12.1 Å². The van der Waals surface area contributed by atoms with Crippen molar-refractivity contribution in [3.8, 4) is 23.0 Å². The number of rotatable bonds is 3. The molecule has 0 fully saturated rings. The molecule has 2 aliphatic rings. The normalized spacial score (nSPS) is 17.7. The molecule has 1 atom stereocenters. The number of ether oxygens (including phenoxy) is 2. The number of nitrogens with one attached hydrogen (secondary N) is 1. The minimum absolute atomic E-state index is 0.0309. The van der Waals surface area contributed by atoms with E-state index >= 15 is 0 Å². The van der Waals surface area contributed by atoms with E-state index in [1.807, 2.05) is 6.07 Å². The van der Waals surface area contributed by atoms with Gasteiger partial charge < -0.3 is 25.0 Å². The summed E-state index contributed by atoms with van der Waals surface area (Å²) in [4.78, 5) is 24.5. The van der Waals surface area contributed by atoms with Crippen LogP contribution in [0.4, 0.5) is 0 Å². The van der Waals surface area contributed by atoms with Crippen molar-refractivity contribution >= 4 is 11.9 Å². The van der Waals surface area contributed by atoms with Gasteiger partial charge in [-0.05, 0) is 36.4 Å². The molecule has 0 bridgehead atoms. The van der Waals surface area contributed by atoms with Crippen LogP contribution in [0, 0.1) is 0 Å². The fourth-order valence-corrected chi connectivity index (χ4v) is 4.19. The third-order valence-corrected chi connectivity index (χ3v) is 5.57. The minimum Gasteiger partial charge on any atom is -0.508 e. The number of carbonyl (C=O) groups excluding carboxylic acids is 2. The average molecular weight is 415 g/mol. The second-order valence-electron chi connectivity index (χ2n) is 7.26. The van der Waals surface area contributed by atoms with Crippen LogP contribution in [-0.2, 0) is 21.7 Å². The van der Waals surface area contributed by atoms with Crippen LogP contribution in [0.3, 0.4) is 0 Å². The SMILES string of the molecule is C=CC(=O)NCc1c(O)ccc2c1Oc1cc(O)ccc1C21OC(=O)c2ccccc21. The molecule has 7 nitrogen and oxygen atoms in total. The van der Waals surface area contributed by atoms with E-state index in [1.165, 1.54) is 18.2 Å². The molecule has 5 rings (SSSR count).